The molecular formula is C14H28N2OS. The van der Waals surface area contributed by atoms with E-state index in [0.29, 0.717) is 12.6 Å². The second kappa shape index (κ2) is 10.7. The molecule has 3 nitrogen and oxygen atoms in total. The van der Waals surface area contributed by atoms with Crippen LogP contribution in [0.4, 0.5) is 0 Å². The fraction of sp³-hybridized carbons (Fsp3) is 0.929. The van der Waals surface area contributed by atoms with Crippen LogP contribution < -0.4 is 10.6 Å². The SMILES string of the molecule is CSCCCCCCNCC(=O)NC1CCCC1. The standard InChI is InChI=1S/C14H28N2OS/c1-18-11-7-3-2-6-10-15-12-14(17)16-13-8-4-5-9-13/h13,15H,2-12H2,1H3,(H,16,17). The van der Waals surface area contributed by atoms with Crippen molar-refractivity contribution in [2.24, 2.45) is 0 Å². The van der Waals surface area contributed by atoms with Crippen molar-refractivity contribution in [3.05, 3.63) is 0 Å². The van der Waals surface area contributed by atoms with E-state index in [9.17, 15) is 4.79 Å². The van der Waals surface area contributed by atoms with Crippen molar-refractivity contribution in [2.45, 2.75) is 57.4 Å². The van der Waals surface area contributed by atoms with E-state index in [1.807, 2.05) is 11.8 Å². The summed E-state index contributed by atoms with van der Waals surface area (Å²) in [7, 11) is 0. The lowest BCUT2D eigenvalue weighted by atomic mass is 10.2. The first-order valence-corrected chi connectivity index (χ1v) is 8.71. The van der Waals surface area contributed by atoms with E-state index in [-0.39, 0.29) is 5.91 Å². The Morgan fingerprint density at radius 1 is 1.17 bits per heavy atom. The van der Waals surface area contributed by atoms with Gasteiger partial charge in [-0.05, 0) is 44.2 Å². The molecule has 4 heteroatoms. The highest BCUT2D eigenvalue weighted by atomic mass is 32.2. The maximum Gasteiger partial charge on any atom is 0.234 e. The number of rotatable bonds is 10. The van der Waals surface area contributed by atoms with E-state index in [1.165, 1.54) is 57.1 Å². The molecule has 0 saturated heterocycles. The third-order valence-electron chi connectivity index (χ3n) is 3.46. The number of amides is 1. The van der Waals surface area contributed by atoms with Gasteiger partial charge in [-0.15, -0.1) is 0 Å². The molecule has 18 heavy (non-hydrogen) atoms. The van der Waals surface area contributed by atoms with Crippen LogP contribution in [-0.4, -0.2) is 37.0 Å². The summed E-state index contributed by atoms with van der Waals surface area (Å²) in [6.07, 6.45) is 12.1. The summed E-state index contributed by atoms with van der Waals surface area (Å²) in [4.78, 5) is 11.6. The van der Waals surface area contributed by atoms with Crippen LogP contribution in [0, 0.1) is 0 Å². The summed E-state index contributed by atoms with van der Waals surface area (Å²) in [5.74, 6) is 1.45. The maximum absolute atomic E-state index is 11.6. The van der Waals surface area contributed by atoms with Crippen molar-refractivity contribution in [3.8, 4) is 0 Å². The number of hydrogen-bond acceptors (Lipinski definition) is 3. The van der Waals surface area contributed by atoms with Crippen LogP contribution in [0.1, 0.15) is 51.4 Å². The van der Waals surface area contributed by atoms with E-state index in [1.54, 1.807) is 0 Å². The second-order valence-electron chi connectivity index (χ2n) is 5.13. The molecule has 1 fully saturated rings. The van der Waals surface area contributed by atoms with Gasteiger partial charge in [0.1, 0.15) is 0 Å². The summed E-state index contributed by atoms with van der Waals surface area (Å²) in [6, 6.07) is 0.450. The first kappa shape index (κ1) is 15.8. The molecule has 1 aliphatic carbocycles. The highest BCUT2D eigenvalue weighted by molar-refractivity contribution is 7.98. The molecule has 0 aromatic carbocycles. The molecule has 0 aromatic heterocycles. The molecule has 1 saturated carbocycles. The largest absolute Gasteiger partial charge is 0.352 e. The highest BCUT2D eigenvalue weighted by Gasteiger charge is 2.16. The maximum atomic E-state index is 11.6. The van der Waals surface area contributed by atoms with Gasteiger partial charge in [0.2, 0.25) is 5.91 Å². The normalized spacial score (nSPS) is 16.1. The fourth-order valence-corrected chi connectivity index (χ4v) is 2.89. The van der Waals surface area contributed by atoms with Gasteiger partial charge >= 0.3 is 0 Å². The van der Waals surface area contributed by atoms with Gasteiger partial charge in [0.15, 0.2) is 0 Å². The van der Waals surface area contributed by atoms with Gasteiger partial charge in [0, 0.05) is 6.04 Å². The summed E-state index contributed by atoms with van der Waals surface area (Å²) < 4.78 is 0. The number of carbonyl (C=O) groups excluding carboxylic acids is 1. The van der Waals surface area contributed by atoms with Gasteiger partial charge in [-0.25, -0.2) is 0 Å². The van der Waals surface area contributed by atoms with Crippen molar-refractivity contribution in [2.75, 3.05) is 25.1 Å². The predicted molar refractivity (Wildman–Crippen MR) is 80.1 cm³/mol. The Morgan fingerprint density at radius 3 is 2.61 bits per heavy atom. The molecule has 1 rings (SSSR count). The van der Waals surface area contributed by atoms with Crippen LogP contribution in [-0.2, 0) is 4.79 Å². The Balaban J connectivity index is 1.83. The molecule has 0 spiro atoms. The van der Waals surface area contributed by atoms with Crippen molar-refractivity contribution < 1.29 is 4.79 Å². The minimum atomic E-state index is 0.171. The molecule has 0 aromatic rings. The molecule has 2 N–H and O–H groups in total. The smallest absolute Gasteiger partial charge is 0.234 e. The van der Waals surface area contributed by atoms with Gasteiger partial charge in [-0.2, -0.15) is 11.8 Å². The number of unbranched alkanes of at least 4 members (excludes halogenated alkanes) is 3. The van der Waals surface area contributed by atoms with Gasteiger partial charge < -0.3 is 10.6 Å². The van der Waals surface area contributed by atoms with E-state index >= 15 is 0 Å². The van der Waals surface area contributed by atoms with Crippen molar-refractivity contribution in [1.29, 1.82) is 0 Å². The van der Waals surface area contributed by atoms with E-state index in [4.69, 9.17) is 0 Å². The van der Waals surface area contributed by atoms with Crippen LogP contribution >= 0.6 is 11.8 Å². The molecule has 1 amide bonds. The molecular weight excluding hydrogens is 244 g/mol. The molecule has 0 heterocycles. The molecule has 0 aliphatic heterocycles. The second-order valence-corrected chi connectivity index (χ2v) is 6.12. The summed E-state index contributed by atoms with van der Waals surface area (Å²) >= 11 is 1.92. The Labute approximate surface area is 116 Å². The van der Waals surface area contributed by atoms with Crippen molar-refractivity contribution >= 4 is 17.7 Å². The Kier molecular flexibility index (Phi) is 9.40. The van der Waals surface area contributed by atoms with Crippen LogP contribution in [0.15, 0.2) is 0 Å². The average Bonchev–Trinajstić information content (AvgIpc) is 2.85. The number of thioether (sulfide) groups is 1. The lowest BCUT2D eigenvalue weighted by Gasteiger charge is -2.12. The molecule has 0 unspecified atom stereocenters. The predicted octanol–water partition coefficient (Wildman–Crippen LogP) is 2.56. The number of nitrogens with one attached hydrogen (secondary N) is 2. The van der Waals surface area contributed by atoms with Crippen molar-refractivity contribution in [3.63, 3.8) is 0 Å². The fourth-order valence-electron chi connectivity index (χ4n) is 2.40. The first-order chi connectivity index (χ1) is 8.83. The van der Waals surface area contributed by atoms with Gasteiger partial charge in [-0.1, -0.05) is 25.7 Å². The third-order valence-corrected chi connectivity index (χ3v) is 4.15. The van der Waals surface area contributed by atoms with Crippen LogP contribution in [0.5, 0.6) is 0 Å². The topological polar surface area (TPSA) is 41.1 Å². The lowest BCUT2D eigenvalue weighted by Crippen LogP contribution is -2.39. The van der Waals surface area contributed by atoms with Crippen LogP contribution in [0.3, 0.4) is 0 Å². The van der Waals surface area contributed by atoms with Gasteiger partial charge in [-0.3, -0.25) is 4.79 Å². The zero-order valence-corrected chi connectivity index (χ0v) is 12.5. The Hall–Kier alpha value is -0.220. The molecule has 0 radical (unpaired) electrons. The summed E-state index contributed by atoms with van der Waals surface area (Å²) in [5, 5.41) is 6.33. The van der Waals surface area contributed by atoms with Gasteiger partial charge in [0.25, 0.3) is 0 Å². The van der Waals surface area contributed by atoms with Crippen LogP contribution in [0.25, 0.3) is 0 Å². The van der Waals surface area contributed by atoms with Crippen LogP contribution in [0.2, 0.25) is 0 Å². The quantitative estimate of drug-likeness (QED) is 0.601. The number of hydrogen-bond donors (Lipinski definition) is 2. The monoisotopic (exact) mass is 272 g/mol. The molecule has 0 atom stereocenters. The lowest BCUT2D eigenvalue weighted by molar-refractivity contribution is -0.120. The van der Waals surface area contributed by atoms with Gasteiger partial charge in [0.05, 0.1) is 6.54 Å². The average molecular weight is 272 g/mol. The zero-order valence-electron chi connectivity index (χ0n) is 11.7. The van der Waals surface area contributed by atoms with E-state index < -0.39 is 0 Å². The molecule has 1 aliphatic rings. The highest BCUT2D eigenvalue weighted by Crippen LogP contribution is 2.17. The Morgan fingerprint density at radius 2 is 1.89 bits per heavy atom. The number of carbonyl (C=O) groups is 1. The molecule has 0 bridgehead atoms. The van der Waals surface area contributed by atoms with Crippen molar-refractivity contribution in [1.82, 2.24) is 10.6 Å². The summed E-state index contributed by atoms with van der Waals surface area (Å²) in [6.45, 7) is 1.46. The first-order valence-electron chi connectivity index (χ1n) is 7.32. The van der Waals surface area contributed by atoms with E-state index in [0.717, 1.165) is 6.54 Å². The minimum Gasteiger partial charge on any atom is -0.352 e. The Bertz CT molecular complexity index is 218. The van der Waals surface area contributed by atoms with E-state index in [2.05, 4.69) is 16.9 Å². The minimum absolute atomic E-state index is 0.171. The zero-order chi connectivity index (χ0) is 13.1. The summed E-state index contributed by atoms with van der Waals surface area (Å²) in [5.41, 5.74) is 0. The third kappa shape index (κ3) is 7.98. The molecule has 106 valence electrons.